The molecule has 0 radical (unpaired) electrons. The van der Waals surface area contributed by atoms with E-state index in [0.717, 1.165) is 43.1 Å². The van der Waals surface area contributed by atoms with Gasteiger partial charge in [-0.3, -0.25) is 0 Å². The SMILES string of the molecule is COc1ccc(CCNC(Cc2cccc(Oc3ccc(Cl)cc3)c2)C(N)CC(C)C)cc1. The average molecular weight is 467 g/mol. The van der Waals surface area contributed by atoms with E-state index in [2.05, 4.69) is 43.4 Å². The lowest BCUT2D eigenvalue weighted by atomic mass is 9.93. The third-order valence-electron chi connectivity index (χ3n) is 5.64. The van der Waals surface area contributed by atoms with Crippen molar-refractivity contribution in [1.29, 1.82) is 0 Å². The Morgan fingerprint density at radius 3 is 2.24 bits per heavy atom. The minimum Gasteiger partial charge on any atom is -0.497 e. The molecule has 4 nitrogen and oxygen atoms in total. The number of ether oxygens (including phenoxy) is 2. The van der Waals surface area contributed by atoms with E-state index in [1.807, 2.05) is 48.5 Å². The van der Waals surface area contributed by atoms with E-state index < -0.39 is 0 Å². The monoisotopic (exact) mass is 466 g/mol. The van der Waals surface area contributed by atoms with Gasteiger partial charge in [0.1, 0.15) is 17.2 Å². The zero-order valence-electron chi connectivity index (χ0n) is 19.8. The Hall–Kier alpha value is -2.53. The van der Waals surface area contributed by atoms with Gasteiger partial charge in [0, 0.05) is 17.1 Å². The first-order valence-electron chi connectivity index (χ1n) is 11.6. The average Bonchev–Trinajstić information content (AvgIpc) is 2.80. The van der Waals surface area contributed by atoms with Crippen molar-refractivity contribution in [3.8, 4) is 17.2 Å². The van der Waals surface area contributed by atoms with Crippen LogP contribution in [0.15, 0.2) is 72.8 Å². The fourth-order valence-electron chi connectivity index (χ4n) is 3.91. The molecule has 0 amide bonds. The summed E-state index contributed by atoms with van der Waals surface area (Å²) in [7, 11) is 1.69. The highest BCUT2D eigenvalue weighted by Gasteiger charge is 2.19. The zero-order valence-corrected chi connectivity index (χ0v) is 20.5. The summed E-state index contributed by atoms with van der Waals surface area (Å²) in [4.78, 5) is 0. The van der Waals surface area contributed by atoms with Gasteiger partial charge in [0.25, 0.3) is 0 Å². The summed E-state index contributed by atoms with van der Waals surface area (Å²) in [5, 5.41) is 4.41. The number of nitrogens with one attached hydrogen (secondary N) is 1. The number of methoxy groups -OCH3 is 1. The van der Waals surface area contributed by atoms with Crippen molar-refractivity contribution in [3.63, 3.8) is 0 Å². The molecule has 0 aromatic heterocycles. The standard InChI is InChI=1S/C28H35ClN2O2/c1-20(2)17-27(30)28(31-16-15-21-7-11-24(32-3)12-8-21)19-22-5-4-6-26(18-22)33-25-13-9-23(29)10-14-25/h4-14,18,20,27-28,31H,15-17,19,30H2,1-3H3. The summed E-state index contributed by atoms with van der Waals surface area (Å²) in [6, 6.07) is 24.1. The minimum atomic E-state index is 0.0710. The van der Waals surface area contributed by atoms with Gasteiger partial charge in [0.05, 0.1) is 7.11 Å². The first-order valence-corrected chi connectivity index (χ1v) is 11.9. The molecule has 0 saturated carbocycles. The van der Waals surface area contributed by atoms with E-state index in [4.69, 9.17) is 26.8 Å². The smallest absolute Gasteiger partial charge is 0.127 e. The van der Waals surface area contributed by atoms with Gasteiger partial charge in [-0.1, -0.05) is 49.7 Å². The van der Waals surface area contributed by atoms with Crippen molar-refractivity contribution in [2.45, 2.75) is 45.2 Å². The molecule has 0 heterocycles. The van der Waals surface area contributed by atoms with E-state index in [9.17, 15) is 0 Å². The summed E-state index contributed by atoms with van der Waals surface area (Å²) in [5.74, 6) is 3.00. The van der Waals surface area contributed by atoms with Crippen LogP contribution in [0, 0.1) is 5.92 Å². The van der Waals surface area contributed by atoms with Crippen LogP contribution >= 0.6 is 11.6 Å². The normalized spacial score (nSPS) is 13.0. The Balaban J connectivity index is 1.64. The maximum atomic E-state index is 6.64. The molecule has 3 aromatic rings. The molecule has 0 aliphatic rings. The lowest BCUT2D eigenvalue weighted by Gasteiger charge is -2.27. The molecule has 176 valence electrons. The molecule has 2 atom stereocenters. The third-order valence-corrected chi connectivity index (χ3v) is 5.90. The van der Waals surface area contributed by atoms with Crippen molar-refractivity contribution in [1.82, 2.24) is 5.32 Å². The zero-order chi connectivity index (χ0) is 23.6. The van der Waals surface area contributed by atoms with Crippen molar-refractivity contribution in [2.24, 2.45) is 11.7 Å². The van der Waals surface area contributed by atoms with Crippen LogP contribution in [-0.4, -0.2) is 25.7 Å². The van der Waals surface area contributed by atoms with Crippen molar-refractivity contribution < 1.29 is 9.47 Å². The molecule has 0 aliphatic carbocycles. The van der Waals surface area contributed by atoms with Crippen molar-refractivity contribution in [3.05, 3.63) is 88.9 Å². The maximum Gasteiger partial charge on any atom is 0.127 e. The molecule has 0 saturated heterocycles. The second-order valence-corrected chi connectivity index (χ2v) is 9.30. The molecule has 0 fully saturated rings. The fourth-order valence-corrected chi connectivity index (χ4v) is 4.03. The van der Waals surface area contributed by atoms with Crippen LogP contribution in [0.4, 0.5) is 0 Å². The number of hydrogen-bond donors (Lipinski definition) is 2. The van der Waals surface area contributed by atoms with Crippen LogP contribution in [-0.2, 0) is 12.8 Å². The Labute approximate surface area is 203 Å². The van der Waals surface area contributed by atoms with Gasteiger partial charge in [-0.15, -0.1) is 0 Å². The second-order valence-electron chi connectivity index (χ2n) is 8.86. The van der Waals surface area contributed by atoms with E-state index >= 15 is 0 Å². The Morgan fingerprint density at radius 1 is 0.879 bits per heavy atom. The van der Waals surface area contributed by atoms with E-state index in [-0.39, 0.29) is 12.1 Å². The van der Waals surface area contributed by atoms with Gasteiger partial charge in [-0.2, -0.15) is 0 Å². The second kappa shape index (κ2) is 12.6. The van der Waals surface area contributed by atoms with Gasteiger partial charge in [-0.05, 0) is 91.4 Å². The van der Waals surface area contributed by atoms with Gasteiger partial charge in [0.2, 0.25) is 0 Å². The first kappa shape index (κ1) is 25.1. The van der Waals surface area contributed by atoms with Crippen LogP contribution in [0.25, 0.3) is 0 Å². The molecule has 2 unspecified atom stereocenters. The highest BCUT2D eigenvalue weighted by molar-refractivity contribution is 6.30. The number of hydrogen-bond acceptors (Lipinski definition) is 4. The van der Waals surface area contributed by atoms with Gasteiger partial charge < -0.3 is 20.5 Å². The Bertz CT molecular complexity index is 974. The largest absolute Gasteiger partial charge is 0.497 e. The lowest BCUT2D eigenvalue weighted by molar-refractivity contribution is 0.374. The molecule has 0 aliphatic heterocycles. The number of rotatable bonds is 12. The fraction of sp³-hybridized carbons (Fsp3) is 0.357. The molecular weight excluding hydrogens is 432 g/mol. The quantitative estimate of drug-likeness (QED) is 0.331. The van der Waals surface area contributed by atoms with Gasteiger partial charge >= 0.3 is 0 Å². The summed E-state index contributed by atoms with van der Waals surface area (Å²) in [6.45, 7) is 5.30. The Morgan fingerprint density at radius 2 is 1.58 bits per heavy atom. The van der Waals surface area contributed by atoms with Crippen LogP contribution in [0.1, 0.15) is 31.4 Å². The van der Waals surface area contributed by atoms with Crippen molar-refractivity contribution >= 4 is 11.6 Å². The van der Waals surface area contributed by atoms with Crippen LogP contribution in [0.2, 0.25) is 5.02 Å². The number of benzene rings is 3. The van der Waals surface area contributed by atoms with Crippen LogP contribution < -0.4 is 20.5 Å². The molecule has 3 rings (SSSR count). The maximum absolute atomic E-state index is 6.64. The highest BCUT2D eigenvalue weighted by Crippen LogP contribution is 2.24. The minimum absolute atomic E-state index is 0.0710. The van der Waals surface area contributed by atoms with E-state index in [1.165, 1.54) is 11.1 Å². The Kier molecular flexibility index (Phi) is 9.61. The third kappa shape index (κ3) is 8.39. The molecule has 3 N–H and O–H groups in total. The summed E-state index contributed by atoms with van der Waals surface area (Å²) in [5.41, 5.74) is 9.11. The predicted octanol–water partition coefficient (Wildman–Crippen LogP) is 6.26. The predicted molar refractivity (Wildman–Crippen MR) is 138 cm³/mol. The van der Waals surface area contributed by atoms with E-state index in [0.29, 0.717) is 10.9 Å². The van der Waals surface area contributed by atoms with Crippen molar-refractivity contribution in [2.75, 3.05) is 13.7 Å². The lowest BCUT2D eigenvalue weighted by Crippen LogP contribution is -2.47. The topological polar surface area (TPSA) is 56.5 Å². The molecular formula is C28H35ClN2O2. The molecule has 0 spiro atoms. The summed E-state index contributed by atoms with van der Waals surface area (Å²) >= 11 is 5.98. The molecule has 3 aromatic carbocycles. The molecule has 0 bridgehead atoms. The number of nitrogens with two attached hydrogens (primary N) is 1. The van der Waals surface area contributed by atoms with Crippen LogP contribution in [0.3, 0.4) is 0 Å². The highest BCUT2D eigenvalue weighted by atomic mass is 35.5. The van der Waals surface area contributed by atoms with E-state index in [1.54, 1.807) is 7.11 Å². The van der Waals surface area contributed by atoms with Gasteiger partial charge in [0.15, 0.2) is 0 Å². The molecule has 5 heteroatoms. The van der Waals surface area contributed by atoms with Crippen LogP contribution in [0.5, 0.6) is 17.2 Å². The van der Waals surface area contributed by atoms with Gasteiger partial charge in [-0.25, -0.2) is 0 Å². The number of halogens is 1. The summed E-state index contributed by atoms with van der Waals surface area (Å²) in [6.07, 6.45) is 2.75. The summed E-state index contributed by atoms with van der Waals surface area (Å²) < 4.78 is 11.3. The first-order chi connectivity index (χ1) is 15.9. The molecule has 33 heavy (non-hydrogen) atoms.